The Bertz CT molecular complexity index is 644. The molecule has 0 saturated heterocycles. The third-order valence-corrected chi connectivity index (χ3v) is 4.05. The Morgan fingerprint density at radius 3 is 2.55 bits per heavy atom. The smallest absolute Gasteiger partial charge is 0.259 e. The first-order valence-electron chi connectivity index (χ1n) is 6.15. The van der Waals surface area contributed by atoms with Crippen LogP contribution in [0.15, 0.2) is 51.4 Å². The molecule has 0 bridgehead atoms. The molecule has 0 aliphatic heterocycles. The van der Waals surface area contributed by atoms with E-state index >= 15 is 0 Å². The standard InChI is InChI=1S/C15H14Br2N2O/c1-2-19(12-5-3-4-11(18)9-12)15(20)13-7-6-10(16)8-14(13)17/h3-9H,2,18H2,1H3. The molecule has 0 heterocycles. The van der Waals surface area contributed by atoms with Crippen LogP contribution in [0.3, 0.4) is 0 Å². The molecule has 104 valence electrons. The van der Waals surface area contributed by atoms with Crippen molar-refractivity contribution < 1.29 is 4.79 Å². The van der Waals surface area contributed by atoms with Crippen molar-refractivity contribution >= 4 is 49.1 Å². The van der Waals surface area contributed by atoms with Gasteiger partial charge >= 0.3 is 0 Å². The Balaban J connectivity index is 2.39. The SMILES string of the molecule is CCN(C(=O)c1ccc(Br)cc1Br)c1cccc(N)c1. The van der Waals surface area contributed by atoms with E-state index in [2.05, 4.69) is 31.9 Å². The Hall–Kier alpha value is -1.33. The third-order valence-electron chi connectivity index (χ3n) is 2.90. The van der Waals surface area contributed by atoms with E-state index in [1.807, 2.05) is 31.2 Å². The van der Waals surface area contributed by atoms with Gasteiger partial charge in [0, 0.05) is 26.9 Å². The molecule has 1 amide bonds. The van der Waals surface area contributed by atoms with Crippen molar-refractivity contribution in [2.75, 3.05) is 17.2 Å². The quantitative estimate of drug-likeness (QED) is 0.777. The highest BCUT2D eigenvalue weighted by atomic mass is 79.9. The Morgan fingerprint density at radius 1 is 1.20 bits per heavy atom. The maximum absolute atomic E-state index is 12.7. The van der Waals surface area contributed by atoms with Crippen LogP contribution in [0.5, 0.6) is 0 Å². The molecule has 0 unspecified atom stereocenters. The number of amides is 1. The summed E-state index contributed by atoms with van der Waals surface area (Å²) < 4.78 is 1.69. The van der Waals surface area contributed by atoms with Crippen LogP contribution in [0.25, 0.3) is 0 Å². The lowest BCUT2D eigenvalue weighted by molar-refractivity contribution is 0.0987. The van der Waals surface area contributed by atoms with E-state index in [4.69, 9.17) is 5.73 Å². The third kappa shape index (κ3) is 3.22. The summed E-state index contributed by atoms with van der Waals surface area (Å²) in [6.45, 7) is 2.51. The van der Waals surface area contributed by atoms with Crippen LogP contribution in [0.1, 0.15) is 17.3 Å². The molecular weight excluding hydrogens is 384 g/mol. The molecular formula is C15H14Br2N2O. The van der Waals surface area contributed by atoms with Gasteiger partial charge in [-0.15, -0.1) is 0 Å². The fourth-order valence-corrected chi connectivity index (χ4v) is 3.16. The fourth-order valence-electron chi connectivity index (χ4n) is 1.94. The van der Waals surface area contributed by atoms with E-state index in [0.717, 1.165) is 14.6 Å². The van der Waals surface area contributed by atoms with Gasteiger partial charge in [0.25, 0.3) is 5.91 Å². The van der Waals surface area contributed by atoms with Gasteiger partial charge in [-0.05, 0) is 59.3 Å². The minimum atomic E-state index is -0.0579. The minimum absolute atomic E-state index is 0.0579. The van der Waals surface area contributed by atoms with Crippen LogP contribution >= 0.6 is 31.9 Å². The number of nitrogens with two attached hydrogens (primary N) is 1. The van der Waals surface area contributed by atoms with Crippen LogP contribution in [0.2, 0.25) is 0 Å². The van der Waals surface area contributed by atoms with E-state index < -0.39 is 0 Å². The maximum atomic E-state index is 12.7. The van der Waals surface area contributed by atoms with Crippen LogP contribution in [0.4, 0.5) is 11.4 Å². The van der Waals surface area contributed by atoms with Gasteiger partial charge in [-0.3, -0.25) is 4.79 Å². The number of hydrogen-bond donors (Lipinski definition) is 1. The molecule has 0 aromatic heterocycles. The second-order valence-electron chi connectivity index (χ2n) is 4.27. The van der Waals surface area contributed by atoms with E-state index in [1.54, 1.807) is 23.1 Å². The van der Waals surface area contributed by atoms with Crippen molar-refractivity contribution in [2.45, 2.75) is 6.92 Å². The predicted octanol–water partition coefficient (Wildman–Crippen LogP) is 4.46. The number of carbonyl (C=O) groups excluding carboxylic acids is 1. The van der Waals surface area contributed by atoms with Gasteiger partial charge < -0.3 is 10.6 Å². The molecule has 2 aromatic rings. The first-order chi connectivity index (χ1) is 9.52. The summed E-state index contributed by atoms with van der Waals surface area (Å²) in [7, 11) is 0. The Labute approximate surface area is 135 Å². The number of nitrogens with zero attached hydrogens (tertiary/aromatic N) is 1. The van der Waals surface area contributed by atoms with E-state index in [1.165, 1.54) is 0 Å². The summed E-state index contributed by atoms with van der Waals surface area (Å²) in [4.78, 5) is 14.4. The summed E-state index contributed by atoms with van der Waals surface area (Å²) in [6.07, 6.45) is 0. The highest BCUT2D eigenvalue weighted by molar-refractivity contribution is 9.11. The van der Waals surface area contributed by atoms with Crippen molar-refractivity contribution in [1.29, 1.82) is 0 Å². The average Bonchev–Trinajstić information content (AvgIpc) is 2.39. The number of benzene rings is 2. The fraction of sp³-hybridized carbons (Fsp3) is 0.133. The summed E-state index contributed by atoms with van der Waals surface area (Å²) >= 11 is 6.81. The van der Waals surface area contributed by atoms with Crippen molar-refractivity contribution in [2.24, 2.45) is 0 Å². The van der Waals surface area contributed by atoms with Crippen LogP contribution < -0.4 is 10.6 Å². The van der Waals surface area contributed by atoms with E-state index in [9.17, 15) is 4.79 Å². The zero-order chi connectivity index (χ0) is 14.7. The number of rotatable bonds is 3. The average molecular weight is 398 g/mol. The Kier molecular flexibility index (Phi) is 4.83. The zero-order valence-electron chi connectivity index (χ0n) is 10.9. The summed E-state index contributed by atoms with van der Waals surface area (Å²) in [5.74, 6) is -0.0579. The number of hydrogen-bond acceptors (Lipinski definition) is 2. The lowest BCUT2D eigenvalue weighted by Gasteiger charge is -2.22. The van der Waals surface area contributed by atoms with Crippen LogP contribution in [-0.2, 0) is 0 Å². The largest absolute Gasteiger partial charge is 0.399 e. The molecule has 0 aliphatic carbocycles. The summed E-state index contributed by atoms with van der Waals surface area (Å²) in [6, 6.07) is 12.8. The highest BCUT2D eigenvalue weighted by Gasteiger charge is 2.18. The molecule has 0 aliphatic rings. The lowest BCUT2D eigenvalue weighted by Crippen LogP contribution is -2.30. The van der Waals surface area contributed by atoms with Gasteiger partial charge in [0.05, 0.1) is 5.56 Å². The number of anilines is 2. The number of nitrogen functional groups attached to an aromatic ring is 1. The number of carbonyl (C=O) groups is 1. The van der Waals surface area contributed by atoms with Crippen molar-refractivity contribution in [1.82, 2.24) is 0 Å². The first kappa shape index (κ1) is 15.1. The van der Waals surface area contributed by atoms with Crippen molar-refractivity contribution in [3.8, 4) is 0 Å². The van der Waals surface area contributed by atoms with Gasteiger partial charge in [-0.2, -0.15) is 0 Å². The van der Waals surface area contributed by atoms with E-state index in [0.29, 0.717) is 17.8 Å². The van der Waals surface area contributed by atoms with Gasteiger partial charge in [0.2, 0.25) is 0 Å². The molecule has 2 rings (SSSR count). The Morgan fingerprint density at radius 2 is 1.95 bits per heavy atom. The minimum Gasteiger partial charge on any atom is -0.399 e. The second kappa shape index (κ2) is 6.41. The van der Waals surface area contributed by atoms with Crippen LogP contribution in [-0.4, -0.2) is 12.5 Å². The molecule has 0 fully saturated rings. The molecule has 2 aromatic carbocycles. The molecule has 2 N–H and O–H groups in total. The normalized spacial score (nSPS) is 10.3. The maximum Gasteiger partial charge on any atom is 0.259 e. The van der Waals surface area contributed by atoms with Gasteiger partial charge in [-0.1, -0.05) is 22.0 Å². The van der Waals surface area contributed by atoms with Gasteiger partial charge in [0.1, 0.15) is 0 Å². The molecule has 20 heavy (non-hydrogen) atoms. The molecule has 5 heteroatoms. The molecule has 0 atom stereocenters. The molecule has 0 spiro atoms. The highest BCUT2D eigenvalue weighted by Crippen LogP contribution is 2.26. The van der Waals surface area contributed by atoms with Gasteiger partial charge in [0.15, 0.2) is 0 Å². The van der Waals surface area contributed by atoms with Crippen LogP contribution in [0, 0.1) is 0 Å². The summed E-state index contributed by atoms with van der Waals surface area (Å²) in [5.41, 5.74) is 7.85. The molecule has 3 nitrogen and oxygen atoms in total. The second-order valence-corrected chi connectivity index (χ2v) is 6.04. The molecule has 0 saturated carbocycles. The summed E-state index contributed by atoms with van der Waals surface area (Å²) in [5, 5.41) is 0. The molecule has 0 radical (unpaired) electrons. The van der Waals surface area contributed by atoms with Crippen molar-refractivity contribution in [3.63, 3.8) is 0 Å². The van der Waals surface area contributed by atoms with Crippen molar-refractivity contribution in [3.05, 3.63) is 57.0 Å². The monoisotopic (exact) mass is 396 g/mol. The first-order valence-corrected chi connectivity index (χ1v) is 7.74. The van der Waals surface area contributed by atoms with E-state index in [-0.39, 0.29) is 5.91 Å². The lowest BCUT2D eigenvalue weighted by atomic mass is 10.1. The number of halogens is 2. The zero-order valence-corrected chi connectivity index (χ0v) is 14.1. The predicted molar refractivity (Wildman–Crippen MR) is 90.0 cm³/mol. The van der Waals surface area contributed by atoms with Gasteiger partial charge in [-0.25, -0.2) is 0 Å². The topological polar surface area (TPSA) is 46.3 Å².